The van der Waals surface area contributed by atoms with Crippen LogP contribution in [0.4, 0.5) is 0 Å². The second-order valence-corrected chi connectivity index (χ2v) is 7.87. The Hall–Kier alpha value is -1.88. The van der Waals surface area contributed by atoms with Crippen LogP contribution in [-0.2, 0) is 26.2 Å². The van der Waals surface area contributed by atoms with Gasteiger partial charge in [-0.3, -0.25) is 9.59 Å². The van der Waals surface area contributed by atoms with E-state index in [9.17, 15) is 9.59 Å². The van der Waals surface area contributed by atoms with Crippen LogP contribution in [0.2, 0.25) is 0 Å². The van der Waals surface area contributed by atoms with E-state index in [0.29, 0.717) is 18.4 Å². The summed E-state index contributed by atoms with van der Waals surface area (Å²) in [6.07, 6.45) is 5.08. The zero-order valence-corrected chi connectivity index (χ0v) is 17.3. The minimum Gasteiger partial charge on any atom is -0.466 e. The zero-order chi connectivity index (χ0) is 20.0. The zero-order valence-electron chi connectivity index (χ0n) is 17.3. The van der Waals surface area contributed by atoms with E-state index in [1.165, 1.54) is 25.0 Å². The highest BCUT2D eigenvalue weighted by Crippen LogP contribution is 2.46. The number of benzene rings is 1. The quantitative estimate of drug-likeness (QED) is 0.553. The molecule has 0 saturated carbocycles. The molecule has 0 saturated heterocycles. The molecule has 0 aliphatic heterocycles. The number of esters is 2. The lowest BCUT2D eigenvalue weighted by molar-refractivity contribution is -0.143. The van der Waals surface area contributed by atoms with E-state index in [1.54, 1.807) is 0 Å². The number of fused-ring (bicyclic) bond motifs is 1. The summed E-state index contributed by atoms with van der Waals surface area (Å²) in [6.45, 7) is 7.73. The average molecular weight is 376 g/mol. The number of unbranched alkanes of at least 4 members (excludes halogenated alkanes) is 1. The second-order valence-electron chi connectivity index (χ2n) is 7.87. The van der Waals surface area contributed by atoms with Crippen molar-refractivity contribution in [2.45, 2.75) is 71.3 Å². The van der Waals surface area contributed by atoms with Crippen LogP contribution in [0, 0.1) is 5.92 Å². The van der Waals surface area contributed by atoms with Gasteiger partial charge in [-0.25, -0.2) is 0 Å². The Labute approximate surface area is 162 Å². The number of rotatable bonds is 8. The molecule has 5 heteroatoms. The van der Waals surface area contributed by atoms with Gasteiger partial charge in [0.15, 0.2) is 0 Å². The molecule has 1 aromatic rings. The largest absolute Gasteiger partial charge is 0.466 e. The molecule has 0 bridgehead atoms. The highest BCUT2D eigenvalue weighted by Gasteiger charge is 2.42. The summed E-state index contributed by atoms with van der Waals surface area (Å²) in [5.41, 5.74) is 2.31. The third-order valence-corrected chi connectivity index (χ3v) is 5.80. The average Bonchev–Trinajstić information content (AvgIpc) is 2.61. The number of carbonyl (C=O) groups is 2. The Morgan fingerprint density at radius 1 is 1.30 bits per heavy atom. The van der Waals surface area contributed by atoms with Gasteiger partial charge >= 0.3 is 11.9 Å². The van der Waals surface area contributed by atoms with Crippen molar-refractivity contribution in [3.05, 3.63) is 29.3 Å². The monoisotopic (exact) mass is 375 g/mol. The maximum Gasteiger partial charge on any atom is 0.308 e. The van der Waals surface area contributed by atoms with Gasteiger partial charge in [0, 0.05) is 31.2 Å². The van der Waals surface area contributed by atoms with Gasteiger partial charge in [-0.1, -0.05) is 32.8 Å². The van der Waals surface area contributed by atoms with E-state index in [4.69, 9.17) is 9.47 Å². The van der Waals surface area contributed by atoms with Crippen LogP contribution in [0.25, 0.3) is 0 Å². The summed E-state index contributed by atoms with van der Waals surface area (Å²) in [7, 11) is 2.00. The van der Waals surface area contributed by atoms with Crippen LogP contribution in [0.1, 0.15) is 64.5 Å². The van der Waals surface area contributed by atoms with Crippen molar-refractivity contribution in [2.24, 2.45) is 5.92 Å². The summed E-state index contributed by atoms with van der Waals surface area (Å²) < 4.78 is 10.8. The molecule has 0 amide bonds. The standard InChI is InChI=1S/C22H33NO4/c1-6-7-8-18(14-26-15(2)24)22(4)13-19(23-5)11-17-9-10-20(12-21(17)22)27-16(3)25/h9-10,12,18-19,23H,6-8,11,13-14H2,1-5H3/t18-,19+,22+/m1/s1. The van der Waals surface area contributed by atoms with Crippen molar-refractivity contribution >= 4 is 11.9 Å². The fourth-order valence-corrected chi connectivity index (χ4v) is 4.30. The second kappa shape index (κ2) is 9.36. The van der Waals surface area contributed by atoms with Gasteiger partial charge in [0.1, 0.15) is 5.75 Å². The summed E-state index contributed by atoms with van der Waals surface area (Å²) in [4.78, 5) is 22.9. The third kappa shape index (κ3) is 5.32. The van der Waals surface area contributed by atoms with Crippen molar-refractivity contribution in [1.29, 1.82) is 0 Å². The Balaban J connectivity index is 2.45. The summed E-state index contributed by atoms with van der Waals surface area (Å²) in [5.74, 6) is 0.235. The molecule has 3 atom stereocenters. The van der Waals surface area contributed by atoms with Gasteiger partial charge in [-0.15, -0.1) is 0 Å². The molecule has 0 aromatic heterocycles. The van der Waals surface area contributed by atoms with E-state index >= 15 is 0 Å². The van der Waals surface area contributed by atoms with Gasteiger partial charge in [-0.05, 0) is 49.6 Å². The van der Waals surface area contributed by atoms with Crippen molar-refractivity contribution < 1.29 is 19.1 Å². The molecular weight excluding hydrogens is 342 g/mol. The van der Waals surface area contributed by atoms with Gasteiger partial charge in [0.05, 0.1) is 6.61 Å². The fourth-order valence-electron chi connectivity index (χ4n) is 4.30. The van der Waals surface area contributed by atoms with E-state index < -0.39 is 0 Å². The molecule has 2 rings (SSSR count). The van der Waals surface area contributed by atoms with E-state index in [1.807, 2.05) is 19.2 Å². The van der Waals surface area contributed by atoms with Crippen molar-refractivity contribution in [3.8, 4) is 5.75 Å². The van der Waals surface area contributed by atoms with Gasteiger partial charge in [-0.2, -0.15) is 0 Å². The van der Waals surface area contributed by atoms with Crippen molar-refractivity contribution in [2.75, 3.05) is 13.7 Å². The van der Waals surface area contributed by atoms with Crippen LogP contribution in [0.3, 0.4) is 0 Å². The summed E-state index contributed by atoms with van der Waals surface area (Å²) >= 11 is 0. The Kier molecular flexibility index (Phi) is 7.42. The number of carbonyl (C=O) groups excluding carboxylic acids is 2. The molecule has 1 aliphatic carbocycles. The Morgan fingerprint density at radius 3 is 2.63 bits per heavy atom. The molecule has 1 N–H and O–H groups in total. The number of likely N-dealkylation sites (N-methyl/N-ethyl adjacent to an activating group) is 1. The minimum absolute atomic E-state index is 0.165. The first-order valence-electron chi connectivity index (χ1n) is 9.92. The molecule has 0 radical (unpaired) electrons. The highest BCUT2D eigenvalue weighted by molar-refractivity contribution is 5.69. The van der Waals surface area contributed by atoms with Crippen LogP contribution in [-0.4, -0.2) is 31.6 Å². The first-order valence-corrected chi connectivity index (χ1v) is 9.92. The molecule has 0 unspecified atom stereocenters. The number of nitrogens with one attached hydrogen (secondary N) is 1. The molecule has 1 aliphatic rings. The van der Waals surface area contributed by atoms with E-state index in [2.05, 4.69) is 25.2 Å². The van der Waals surface area contributed by atoms with Crippen LogP contribution in [0.15, 0.2) is 18.2 Å². The lowest BCUT2D eigenvalue weighted by Gasteiger charge is -2.45. The first kappa shape index (κ1) is 21.4. The Bertz CT molecular complexity index is 672. The minimum atomic E-state index is -0.317. The number of ether oxygens (including phenoxy) is 2. The molecule has 0 fully saturated rings. The molecule has 0 spiro atoms. The van der Waals surface area contributed by atoms with Crippen LogP contribution < -0.4 is 10.1 Å². The number of hydrogen-bond acceptors (Lipinski definition) is 5. The van der Waals surface area contributed by atoms with Gasteiger partial charge < -0.3 is 14.8 Å². The molecule has 5 nitrogen and oxygen atoms in total. The molecular formula is C22H33NO4. The highest BCUT2D eigenvalue weighted by atomic mass is 16.5. The maximum absolute atomic E-state index is 11.5. The first-order chi connectivity index (χ1) is 12.8. The topological polar surface area (TPSA) is 64.6 Å². The predicted octanol–water partition coefficient (Wildman–Crippen LogP) is 3.77. The van der Waals surface area contributed by atoms with Crippen LogP contribution in [0.5, 0.6) is 5.75 Å². The van der Waals surface area contributed by atoms with Crippen LogP contribution >= 0.6 is 0 Å². The summed E-state index contributed by atoms with van der Waals surface area (Å²) in [5, 5.41) is 3.43. The normalized spacial score (nSPS) is 22.6. The van der Waals surface area contributed by atoms with Gasteiger partial charge in [0.2, 0.25) is 0 Å². The van der Waals surface area contributed by atoms with E-state index in [-0.39, 0.29) is 23.3 Å². The van der Waals surface area contributed by atoms with Crippen molar-refractivity contribution in [3.63, 3.8) is 0 Å². The fraction of sp³-hybridized carbons (Fsp3) is 0.636. The Morgan fingerprint density at radius 2 is 2.04 bits per heavy atom. The predicted molar refractivity (Wildman–Crippen MR) is 106 cm³/mol. The lowest BCUT2D eigenvalue weighted by atomic mass is 9.61. The van der Waals surface area contributed by atoms with Gasteiger partial charge in [0.25, 0.3) is 0 Å². The summed E-state index contributed by atoms with van der Waals surface area (Å²) in [6, 6.07) is 6.31. The number of hydrogen-bond donors (Lipinski definition) is 1. The SMILES string of the molecule is CCCC[C@H](COC(C)=O)[C@]1(C)C[C@@H](NC)Cc2ccc(OC(C)=O)cc21. The lowest BCUT2D eigenvalue weighted by Crippen LogP contribution is -2.46. The van der Waals surface area contributed by atoms with Crippen molar-refractivity contribution in [1.82, 2.24) is 5.32 Å². The molecule has 1 aromatic carbocycles. The molecule has 0 heterocycles. The third-order valence-electron chi connectivity index (χ3n) is 5.80. The molecule has 150 valence electrons. The van der Waals surface area contributed by atoms with E-state index in [0.717, 1.165) is 32.1 Å². The maximum atomic E-state index is 11.5. The molecule has 27 heavy (non-hydrogen) atoms. The smallest absolute Gasteiger partial charge is 0.308 e.